The van der Waals surface area contributed by atoms with Crippen molar-refractivity contribution in [2.75, 3.05) is 13.7 Å². The van der Waals surface area contributed by atoms with Gasteiger partial charge in [0.2, 0.25) is 0 Å². The van der Waals surface area contributed by atoms with Gasteiger partial charge in [-0.25, -0.2) is 4.39 Å². The summed E-state index contributed by atoms with van der Waals surface area (Å²) < 4.78 is 18.8. The minimum Gasteiger partial charge on any atom is -0.494 e. The summed E-state index contributed by atoms with van der Waals surface area (Å²) in [5, 5.41) is 3.61. The van der Waals surface area contributed by atoms with Gasteiger partial charge in [0.05, 0.1) is 7.11 Å². The highest BCUT2D eigenvalue weighted by Crippen LogP contribution is 2.36. The summed E-state index contributed by atoms with van der Waals surface area (Å²) in [6.07, 6.45) is 6.14. The topological polar surface area (TPSA) is 21.3 Å². The standard InChI is InChI=1S/C18H28FNO/c1-4-13-6-8-15(10-13)17(20-5-2)12-14-7-9-18(21-3)16(19)11-14/h7,9,11,13,15,17,20H,4-6,8,10,12H2,1-3H3. The van der Waals surface area contributed by atoms with Crippen LogP contribution in [0.15, 0.2) is 18.2 Å². The van der Waals surface area contributed by atoms with Crippen LogP contribution < -0.4 is 10.1 Å². The molecule has 1 aromatic rings. The molecule has 2 rings (SSSR count). The van der Waals surface area contributed by atoms with E-state index in [0.29, 0.717) is 11.8 Å². The molecule has 0 radical (unpaired) electrons. The molecule has 0 bridgehead atoms. The Morgan fingerprint density at radius 2 is 2.14 bits per heavy atom. The van der Waals surface area contributed by atoms with Crippen molar-refractivity contribution in [2.24, 2.45) is 11.8 Å². The van der Waals surface area contributed by atoms with Gasteiger partial charge in [0.15, 0.2) is 11.6 Å². The van der Waals surface area contributed by atoms with E-state index in [1.807, 2.05) is 6.07 Å². The number of nitrogens with one attached hydrogen (secondary N) is 1. The Bertz CT molecular complexity index is 449. The lowest BCUT2D eigenvalue weighted by Gasteiger charge is -2.25. The molecule has 0 aromatic heterocycles. The second-order valence-corrected chi connectivity index (χ2v) is 6.18. The molecular formula is C18H28FNO. The van der Waals surface area contributed by atoms with Crippen LogP contribution in [0.4, 0.5) is 4.39 Å². The zero-order chi connectivity index (χ0) is 15.2. The fourth-order valence-electron chi connectivity index (χ4n) is 3.61. The van der Waals surface area contributed by atoms with E-state index in [1.165, 1.54) is 32.8 Å². The summed E-state index contributed by atoms with van der Waals surface area (Å²) in [7, 11) is 1.50. The first-order valence-electron chi connectivity index (χ1n) is 8.23. The fourth-order valence-corrected chi connectivity index (χ4v) is 3.61. The molecule has 2 nitrogen and oxygen atoms in total. The van der Waals surface area contributed by atoms with Crippen LogP contribution in [0.1, 0.15) is 45.1 Å². The molecule has 1 aromatic carbocycles. The average Bonchev–Trinajstić information content (AvgIpc) is 2.96. The average molecular weight is 293 g/mol. The Balaban J connectivity index is 2.04. The lowest BCUT2D eigenvalue weighted by atomic mass is 9.91. The van der Waals surface area contributed by atoms with Crippen LogP contribution in [0, 0.1) is 17.7 Å². The minimum absolute atomic E-state index is 0.261. The summed E-state index contributed by atoms with van der Waals surface area (Å²) in [5.74, 6) is 1.66. The molecule has 3 atom stereocenters. The van der Waals surface area contributed by atoms with E-state index in [9.17, 15) is 4.39 Å². The second kappa shape index (κ2) is 7.79. The van der Waals surface area contributed by atoms with Crippen LogP contribution in [-0.4, -0.2) is 19.7 Å². The zero-order valence-electron chi connectivity index (χ0n) is 13.5. The highest BCUT2D eigenvalue weighted by molar-refractivity contribution is 5.29. The van der Waals surface area contributed by atoms with Crippen molar-refractivity contribution in [3.05, 3.63) is 29.6 Å². The van der Waals surface area contributed by atoms with E-state index in [0.717, 1.165) is 30.4 Å². The smallest absolute Gasteiger partial charge is 0.165 e. The van der Waals surface area contributed by atoms with Crippen LogP contribution >= 0.6 is 0 Å². The van der Waals surface area contributed by atoms with Gasteiger partial charge in [0.1, 0.15) is 0 Å². The summed E-state index contributed by atoms with van der Waals surface area (Å²) in [6, 6.07) is 5.80. The van der Waals surface area contributed by atoms with E-state index in [1.54, 1.807) is 12.1 Å². The highest BCUT2D eigenvalue weighted by atomic mass is 19.1. The molecule has 0 heterocycles. The molecule has 1 fully saturated rings. The maximum Gasteiger partial charge on any atom is 0.165 e. The Morgan fingerprint density at radius 3 is 2.71 bits per heavy atom. The SMILES string of the molecule is CCNC(Cc1ccc(OC)c(F)c1)C1CCC(CC)C1. The molecule has 3 heteroatoms. The van der Waals surface area contributed by atoms with Crippen molar-refractivity contribution >= 4 is 0 Å². The first kappa shape index (κ1) is 16.3. The van der Waals surface area contributed by atoms with Gasteiger partial charge >= 0.3 is 0 Å². The van der Waals surface area contributed by atoms with E-state index in [-0.39, 0.29) is 5.82 Å². The van der Waals surface area contributed by atoms with Crippen LogP contribution in [0.5, 0.6) is 5.75 Å². The van der Waals surface area contributed by atoms with E-state index >= 15 is 0 Å². The Labute approximate surface area is 128 Å². The molecule has 0 spiro atoms. The molecule has 118 valence electrons. The van der Waals surface area contributed by atoms with Gasteiger partial charge in [-0.05, 0) is 55.3 Å². The van der Waals surface area contributed by atoms with Crippen molar-refractivity contribution in [1.29, 1.82) is 0 Å². The van der Waals surface area contributed by atoms with E-state index in [4.69, 9.17) is 4.74 Å². The predicted molar refractivity (Wildman–Crippen MR) is 85.2 cm³/mol. The van der Waals surface area contributed by atoms with Crippen LogP contribution in [0.3, 0.4) is 0 Å². The van der Waals surface area contributed by atoms with Gasteiger partial charge in [-0.15, -0.1) is 0 Å². The summed E-state index contributed by atoms with van der Waals surface area (Å²) in [4.78, 5) is 0. The quantitative estimate of drug-likeness (QED) is 0.814. The number of hydrogen-bond acceptors (Lipinski definition) is 2. The fraction of sp³-hybridized carbons (Fsp3) is 0.667. The number of methoxy groups -OCH3 is 1. The number of benzene rings is 1. The van der Waals surface area contributed by atoms with E-state index < -0.39 is 0 Å². The molecule has 1 aliphatic rings. The Hall–Kier alpha value is -1.09. The minimum atomic E-state index is -0.261. The molecule has 0 amide bonds. The van der Waals surface area contributed by atoms with Crippen molar-refractivity contribution in [2.45, 2.75) is 52.0 Å². The first-order chi connectivity index (χ1) is 10.2. The lowest BCUT2D eigenvalue weighted by Crippen LogP contribution is -2.37. The van der Waals surface area contributed by atoms with Crippen LogP contribution in [0.2, 0.25) is 0 Å². The number of rotatable bonds is 7. The molecule has 0 saturated heterocycles. The van der Waals surface area contributed by atoms with Gasteiger partial charge in [-0.1, -0.05) is 32.8 Å². The largest absolute Gasteiger partial charge is 0.494 e. The number of likely N-dealkylation sites (N-methyl/N-ethyl adjacent to an activating group) is 1. The van der Waals surface area contributed by atoms with Crippen molar-refractivity contribution in [3.8, 4) is 5.75 Å². The first-order valence-corrected chi connectivity index (χ1v) is 8.23. The summed E-state index contributed by atoms with van der Waals surface area (Å²) in [5.41, 5.74) is 1.05. The summed E-state index contributed by atoms with van der Waals surface area (Å²) in [6.45, 7) is 5.40. The van der Waals surface area contributed by atoms with Gasteiger partial charge < -0.3 is 10.1 Å². The molecule has 3 unspecified atom stereocenters. The maximum atomic E-state index is 13.8. The molecule has 1 N–H and O–H groups in total. The van der Waals surface area contributed by atoms with Gasteiger partial charge in [-0.3, -0.25) is 0 Å². The van der Waals surface area contributed by atoms with Crippen molar-refractivity contribution in [3.63, 3.8) is 0 Å². The number of hydrogen-bond donors (Lipinski definition) is 1. The van der Waals surface area contributed by atoms with Crippen molar-refractivity contribution < 1.29 is 9.13 Å². The Kier molecular flexibility index (Phi) is 6.04. The summed E-state index contributed by atoms with van der Waals surface area (Å²) >= 11 is 0. The zero-order valence-corrected chi connectivity index (χ0v) is 13.5. The maximum absolute atomic E-state index is 13.8. The van der Waals surface area contributed by atoms with Crippen LogP contribution in [0.25, 0.3) is 0 Å². The lowest BCUT2D eigenvalue weighted by molar-refractivity contribution is 0.347. The van der Waals surface area contributed by atoms with Gasteiger partial charge in [0.25, 0.3) is 0 Å². The van der Waals surface area contributed by atoms with Gasteiger partial charge in [0, 0.05) is 6.04 Å². The number of halogens is 1. The molecule has 1 aliphatic carbocycles. The predicted octanol–water partition coefficient (Wildman–Crippen LogP) is 4.18. The Morgan fingerprint density at radius 1 is 1.33 bits per heavy atom. The molecular weight excluding hydrogens is 265 g/mol. The van der Waals surface area contributed by atoms with E-state index in [2.05, 4.69) is 19.2 Å². The molecule has 1 saturated carbocycles. The van der Waals surface area contributed by atoms with Crippen LogP contribution in [-0.2, 0) is 6.42 Å². The molecule has 21 heavy (non-hydrogen) atoms. The third-order valence-corrected chi connectivity index (χ3v) is 4.87. The highest BCUT2D eigenvalue weighted by Gasteiger charge is 2.29. The number of ether oxygens (including phenoxy) is 1. The van der Waals surface area contributed by atoms with Crippen molar-refractivity contribution in [1.82, 2.24) is 5.32 Å². The third-order valence-electron chi connectivity index (χ3n) is 4.87. The third kappa shape index (κ3) is 4.19. The second-order valence-electron chi connectivity index (χ2n) is 6.18. The molecule has 0 aliphatic heterocycles. The van der Waals surface area contributed by atoms with Gasteiger partial charge in [-0.2, -0.15) is 0 Å². The normalized spacial score (nSPS) is 23.2. The monoisotopic (exact) mass is 293 g/mol.